The highest BCUT2D eigenvalue weighted by atomic mass is 16.7. The van der Waals surface area contributed by atoms with E-state index in [0.717, 1.165) is 72.2 Å². The molecule has 2 fully saturated rings. The molecule has 2 amide bonds. The smallest absolute Gasteiger partial charge is 0.220 e. The largest absolute Gasteiger partial charge is 0.392 e. The van der Waals surface area contributed by atoms with Gasteiger partial charge in [0.1, 0.15) is 0 Å². The van der Waals surface area contributed by atoms with Gasteiger partial charge in [-0.2, -0.15) is 0 Å². The van der Waals surface area contributed by atoms with Crippen LogP contribution in [0.3, 0.4) is 0 Å². The van der Waals surface area contributed by atoms with Crippen molar-refractivity contribution in [1.82, 2.24) is 15.5 Å². The fourth-order valence-electron chi connectivity index (χ4n) is 6.94. The molecule has 0 aromatic heterocycles. The number of amides is 2. The van der Waals surface area contributed by atoms with E-state index in [0.29, 0.717) is 25.6 Å². The molecule has 3 N–H and O–H groups in total. The van der Waals surface area contributed by atoms with Crippen LogP contribution in [0.2, 0.25) is 0 Å². The Morgan fingerprint density at radius 3 is 2.37 bits per heavy atom. The standard InChI is InChI=1S/C41H53N3O5/c1-3-24-44(37-12-6-7-13-37)28-38-26-39(34-17-15-31(29-45)16-18-34)49-41(48-38)35-21-19-33(20-22-35)36-11-9-10-32(25-36)27-43-40(47)14-5-4-8-23-42-30(2)46/h3,9-11,15-22,25,37-39,41,45H,1,4-8,12-14,23-24,26-29H2,2H3,(H,42,46)(H,43,47)/t38-,39+,41+/m1/s1. The number of rotatable bonds is 17. The molecule has 1 heterocycles. The number of hydrogen-bond acceptors (Lipinski definition) is 6. The summed E-state index contributed by atoms with van der Waals surface area (Å²) in [5, 5.41) is 15.4. The molecule has 1 saturated heterocycles. The predicted octanol–water partition coefficient (Wildman–Crippen LogP) is 7.13. The molecule has 3 aromatic carbocycles. The zero-order chi connectivity index (χ0) is 34.4. The van der Waals surface area contributed by atoms with Gasteiger partial charge in [-0.05, 0) is 59.6 Å². The minimum Gasteiger partial charge on any atom is -0.392 e. The van der Waals surface area contributed by atoms with Crippen LogP contribution >= 0.6 is 0 Å². The lowest BCUT2D eigenvalue weighted by atomic mass is 9.98. The number of nitrogens with zero attached hydrogens (tertiary/aromatic N) is 1. The van der Waals surface area contributed by atoms with Crippen LogP contribution in [-0.2, 0) is 32.2 Å². The van der Waals surface area contributed by atoms with Crippen molar-refractivity contribution in [3.63, 3.8) is 0 Å². The maximum atomic E-state index is 12.4. The summed E-state index contributed by atoms with van der Waals surface area (Å²) in [5.74, 6) is 0.0205. The number of unbranched alkanes of at least 4 members (excludes halogenated alkanes) is 2. The van der Waals surface area contributed by atoms with Crippen molar-refractivity contribution in [2.75, 3.05) is 19.6 Å². The second-order valence-corrected chi connectivity index (χ2v) is 13.4. The number of hydrogen-bond donors (Lipinski definition) is 3. The summed E-state index contributed by atoms with van der Waals surface area (Å²) in [6.07, 6.45) is 10.2. The van der Waals surface area contributed by atoms with Crippen LogP contribution in [0.5, 0.6) is 0 Å². The molecule has 0 spiro atoms. The molecule has 0 unspecified atom stereocenters. The van der Waals surface area contributed by atoms with Crippen molar-refractivity contribution < 1.29 is 24.2 Å². The van der Waals surface area contributed by atoms with Crippen molar-refractivity contribution in [1.29, 1.82) is 0 Å². The molecular formula is C41H53N3O5. The molecule has 3 atom stereocenters. The van der Waals surface area contributed by atoms with E-state index in [1.165, 1.54) is 32.6 Å². The molecule has 8 heteroatoms. The number of carbonyl (C=O) groups is 2. The number of carbonyl (C=O) groups excluding carboxylic acids is 2. The third kappa shape index (κ3) is 11.1. The molecule has 1 aliphatic heterocycles. The monoisotopic (exact) mass is 667 g/mol. The minimum atomic E-state index is -0.503. The Bertz CT molecular complexity index is 1490. The van der Waals surface area contributed by atoms with Gasteiger partial charge in [0, 0.05) is 57.5 Å². The van der Waals surface area contributed by atoms with Gasteiger partial charge in [0.05, 0.1) is 18.8 Å². The van der Waals surface area contributed by atoms with Gasteiger partial charge >= 0.3 is 0 Å². The van der Waals surface area contributed by atoms with Crippen molar-refractivity contribution in [2.45, 2.75) is 102 Å². The van der Waals surface area contributed by atoms with E-state index in [1.54, 1.807) is 0 Å². The lowest BCUT2D eigenvalue weighted by Crippen LogP contribution is -2.43. The van der Waals surface area contributed by atoms with Crippen LogP contribution in [0.25, 0.3) is 11.1 Å². The van der Waals surface area contributed by atoms with E-state index in [1.807, 2.05) is 30.3 Å². The normalized spacial score (nSPS) is 19.5. The SMILES string of the molecule is C=CCN(C[C@H]1C[C@@H](c2ccc(CO)cc2)O[C@@H](c2ccc(-c3cccc(CNC(=O)CCCCCNC(C)=O)c3)cc2)O1)C1CCCC1. The average molecular weight is 668 g/mol. The van der Waals surface area contributed by atoms with Gasteiger partial charge in [0.15, 0.2) is 6.29 Å². The molecule has 8 nitrogen and oxygen atoms in total. The molecular weight excluding hydrogens is 614 g/mol. The topological polar surface area (TPSA) is 100 Å². The van der Waals surface area contributed by atoms with Crippen LogP contribution in [0.1, 0.15) is 99.4 Å². The van der Waals surface area contributed by atoms with E-state index in [9.17, 15) is 14.7 Å². The summed E-state index contributed by atoms with van der Waals surface area (Å²) in [6, 6.07) is 25.3. The molecule has 3 aromatic rings. The Labute approximate surface area is 291 Å². The van der Waals surface area contributed by atoms with Crippen molar-refractivity contribution in [3.8, 4) is 11.1 Å². The Balaban J connectivity index is 1.22. The Hall–Kier alpha value is -3.82. The van der Waals surface area contributed by atoms with Crippen LogP contribution in [0.15, 0.2) is 85.5 Å². The lowest BCUT2D eigenvalue weighted by molar-refractivity contribution is -0.253. The molecule has 262 valence electrons. The van der Waals surface area contributed by atoms with Crippen molar-refractivity contribution >= 4 is 11.8 Å². The number of aliphatic hydroxyl groups excluding tert-OH is 1. The second-order valence-electron chi connectivity index (χ2n) is 13.4. The summed E-state index contributed by atoms with van der Waals surface area (Å²) in [7, 11) is 0. The van der Waals surface area contributed by atoms with Crippen LogP contribution in [-0.4, -0.2) is 53.6 Å². The highest BCUT2D eigenvalue weighted by Gasteiger charge is 2.34. The zero-order valence-electron chi connectivity index (χ0n) is 28.9. The first-order valence-corrected chi connectivity index (χ1v) is 18.0. The Morgan fingerprint density at radius 1 is 0.898 bits per heavy atom. The summed E-state index contributed by atoms with van der Waals surface area (Å²) in [6.45, 7) is 8.38. The highest BCUT2D eigenvalue weighted by Crippen LogP contribution is 2.39. The molecule has 0 radical (unpaired) electrons. The maximum Gasteiger partial charge on any atom is 0.220 e. The lowest BCUT2D eigenvalue weighted by Gasteiger charge is -2.39. The Morgan fingerprint density at radius 2 is 1.65 bits per heavy atom. The second kappa shape index (κ2) is 18.8. The van der Waals surface area contributed by atoms with Gasteiger partial charge in [0.25, 0.3) is 0 Å². The van der Waals surface area contributed by atoms with E-state index in [4.69, 9.17) is 9.47 Å². The van der Waals surface area contributed by atoms with Gasteiger partial charge in [-0.3, -0.25) is 14.5 Å². The molecule has 1 aliphatic carbocycles. The fourth-order valence-corrected chi connectivity index (χ4v) is 6.94. The first-order chi connectivity index (χ1) is 23.9. The number of nitrogens with one attached hydrogen (secondary N) is 2. The third-order valence-corrected chi connectivity index (χ3v) is 9.65. The summed E-state index contributed by atoms with van der Waals surface area (Å²) >= 11 is 0. The molecule has 0 bridgehead atoms. The average Bonchev–Trinajstić information content (AvgIpc) is 3.67. The fraction of sp³-hybridized carbons (Fsp3) is 0.463. The summed E-state index contributed by atoms with van der Waals surface area (Å²) < 4.78 is 13.3. The maximum absolute atomic E-state index is 12.4. The molecule has 5 rings (SSSR count). The van der Waals surface area contributed by atoms with Crippen LogP contribution in [0.4, 0.5) is 0 Å². The van der Waals surface area contributed by atoms with Gasteiger partial charge < -0.3 is 25.2 Å². The van der Waals surface area contributed by atoms with E-state index < -0.39 is 6.29 Å². The van der Waals surface area contributed by atoms with Gasteiger partial charge in [-0.1, -0.05) is 92.1 Å². The highest BCUT2D eigenvalue weighted by molar-refractivity contribution is 5.76. The van der Waals surface area contributed by atoms with E-state index in [-0.39, 0.29) is 30.6 Å². The molecule has 49 heavy (non-hydrogen) atoms. The molecule has 2 aliphatic rings. The third-order valence-electron chi connectivity index (χ3n) is 9.65. The van der Waals surface area contributed by atoms with Gasteiger partial charge in [-0.25, -0.2) is 0 Å². The van der Waals surface area contributed by atoms with Crippen molar-refractivity contribution in [3.05, 3.63) is 108 Å². The predicted molar refractivity (Wildman–Crippen MR) is 193 cm³/mol. The first kappa shape index (κ1) is 36.5. The minimum absolute atomic E-state index is 0.00266. The molecule has 1 saturated carbocycles. The van der Waals surface area contributed by atoms with Gasteiger partial charge in [0.2, 0.25) is 11.8 Å². The number of benzene rings is 3. The van der Waals surface area contributed by atoms with Gasteiger partial charge in [-0.15, -0.1) is 6.58 Å². The van der Waals surface area contributed by atoms with Crippen LogP contribution < -0.4 is 10.6 Å². The number of ether oxygens (including phenoxy) is 2. The van der Waals surface area contributed by atoms with Crippen molar-refractivity contribution in [2.24, 2.45) is 0 Å². The van der Waals surface area contributed by atoms with E-state index >= 15 is 0 Å². The zero-order valence-corrected chi connectivity index (χ0v) is 28.9. The first-order valence-electron chi connectivity index (χ1n) is 18.0. The Kier molecular flexibility index (Phi) is 14.0. The number of aliphatic hydroxyl groups is 1. The van der Waals surface area contributed by atoms with Crippen LogP contribution in [0, 0.1) is 0 Å². The summed E-state index contributed by atoms with van der Waals surface area (Å²) in [5.41, 5.74) is 6.16. The quantitative estimate of drug-likeness (QED) is 0.105. The van der Waals surface area contributed by atoms with E-state index in [2.05, 4.69) is 70.6 Å². The summed E-state index contributed by atoms with van der Waals surface area (Å²) in [4.78, 5) is 25.9.